The average molecular weight is 459 g/mol. The molecule has 7 heteroatoms. The average Bonchev–Trinajstić information content (AvgIpc) is 3.29. The number of aromatic nitrogens is 1. The summed E-state index contributed by atoms with van der Waals surface area (Å²) in [6.45, 7) is 9.82. The van der Waals surface area contributed by atoms with Crippen LogP contribution in [0.15, 0.2) is 64.3 Å². The van der Waals surface area contributed by atoms with Gasteiger partial charge in [-0.3, -0.25) is 14.5 Å². The number of carbonyl (C=O) groups is 1. The Balaban J connectivity index is 1.77. The summed E-state index contributed by atoms with van der Waals surface area (Å²) in [5.74, 6) is 0.311. The molecule has 33 heavy (non-hydrogen) atoms. The van der Waals surface area contributed by atoms with Crippen LogP contribution in [0.4, 0.5) is 5.13 Å². The molecule has 0 saturated heterocycles. The van der Waals surface area contributed by atoms with Gasteiger partial charge in [0.2, 0.25) is 5.76 Å². The van der Waals surface area contributed by atoms with Crippen LogP contribution >= 0.6 is 11.3 Å². The van der Waals surface area contributed by atoms with Crippen molar-refractivity contribution in [1.82, 2.24) is 4.98 Å². The Kier molecular flexibility index (Phi) is 5.13. The monoisotopic (exact) mass is 458 g/mol. The molecule has 1 aliphatic heterocycles. The smallest absolute Gasteiger partial charge is 0.297 e. The van der Waals surface area contributed by atoms with Crippen LogP contribution < -0.4 is 15.1 Å². The topological polar surface area (TPSA) is 72.6 Å². The standard InChI is InChI=1S/C26H22N2O4S/c1-5-11-31-18-8-6-7-17(13-18)22-21-23(29)19-12-14(2)9-10-20(19)32-24(21)25(30)28(22)26-27-15(3)16(4)33-26/h5-10,12-13,22H,1,11H2,2-4H3/t22-/m0/s1. The Hall–Kier alpha value is -3.71. The first-order chi connectivity index (χ1) is 15.9. The van der Waals surface area contributed by atoms with Gasteiger partial charge in [-0.1, -0.05) is 36.4 Å². The van der Waals surface area contributed by atoms with Crippen LogP contribution in [0.5, 0.6) is 5.75 Å². The first-order valence-electron chi connectivity index (χ1n) is 10.6. The lowest BCUT2D eigenvalue weighted by Crippen LogP contribution is -2.29. The zero-order valence-electron chi connectivity index (χ0n) is 18.5. The number of hydrogen-bond donors (Lipinski definition) is 0. The van der Waals surface area contributed by atoms with Gasteiger partial charge in [0.05, 0.1) is 22.7 Å². The van der Waals surface area contributed by atoms with Gasteiger partial charge in [0.15, 0.2) is 10.6 Å². The maximum atomic E-state index is 13.7. The minimum absolute atomic E-state index is 0.0595. The van der Waals surface area contributed by atoms with Gasteiger partial charge in [-0.15, -0.1) is 11.3 Å². The molecule has 1 amide bonds. The molecular weight excluding hydrogens is 436 g/mol. The number of nitrogens with zero attached hydrogens (tertiary/aromatic N) is 2. The summed E-state index contributed by atoms with van der Waals surface area (Å²) < 4.78 is 11.7. The normalized spacial score (nSPS) is 15.2. The van der Waals surface area contributed by atoms with E-state index in [0.717, 1.165) is 21.7 Å². The molecule has 0 unspecified atom stereocenters. The lowest BCUT2D eigenvalue weighted by Gasteiger charge is -2.23. The Labute approximate surface area is 194 Å². The summed E-state index contributed by atoms with van der Waals surface area (Å²) in [6, 6.07) is 12.1. The van der Waals surface area contributed by atoms with Crippen LogP contribution in [0.3, 0.4) is 0 Å². The highest BCUT2D eigenvalue weighted by Crippen LogP contribution is 2.43. The summed E-state index contributed by atoms with van der Waals surface area (Å²) in [7, 11) is 0. The second-order valence-electron chi connectivity index (χ2n) is 8.06. The number of amides is 1. The van der Waals surface area contributed by atoms with Crippen molar-refractivity contribution in [1.29, 1.82) is 0 Å². The Morgan fingerprint density at radius 2 is 2.00 bits per heavy atom. The number of anilines is 1. The van der Waals surface area contributed by atoms with Crippen LogP contribution in [0.25, 0.3) is 11.0 Å². The van der Waals surface area contributed by atoms with Gasteiger partial charge in [0.25, 0.3) is 5.91 Å². The van der Waals surface area contributed by atoms with Crippen LogP contribution in [0.2, 0.25) is 0 Å². The van der Waals surface area contributed by atoms with Crippen LogP contribution in [0, 0.1) is 20.8 Å². The fourth-order valence-electron chi connectivity index (χ4n) is 4.09. The number of hydrogen-bond acceptors (Lipinski definition) is 6. The Morgan fingerprint density at radius 1 is 1.18 bits per heavy atom. The number of rotatable bonds is 5. The molecule has 2 aromatic heterocycles. The summed E-state index contributed by atoms with van der Waals surface area (Å²) in [5, 5.41) is 0.988. The third-order valence-electron chi connectivity index (χ3n) is 5.79. The van der Waals surface area contributed by atoms with E-state index in [2.05, 4.69) is 11.6 Å². The SMILES string of the molecule is C=CCOc1cccc([C@H]2c3c(oc4ccc(C)cc4c3=O)C(=O)N2c2nc(C)c(C)s2)c1. The van der Waals surface area contributed by atoms with Crippen LogP contribution in [-0.4, -0.2) is 17.5 Å². The van der Waals surface area contributed by atoms with E-state index in [-0.39, 0.29) is 17.1 Å². The minimum Gasteiger partial charge on any atom is -0.490 e. The lowest BCUT2D eigenvalue weighted by atomic mass is 9.98. The second-order valence-corrected chi connectivity index (χ2v) is 9.24. The first kappa shape index (κ1) is 21.2. The van der Waals surface area contributed by atoms with Crippen molar-refractivity contribution in [3.63, 3.8) is 0 Å². The fraction of sp³-hybridized carbons (Fsp3) is 0.192. The lowest BCUT2D eigenvalue weighted by molar-refractivity contribution is 0.0971. The van der Waals surface area contributed by atoms with Crippen LogP contribution in [-0.2, 0) is 0 Å². The van der Waals surface area contributed by atoms with Crippen molar-refractivity contribution in [3.8, 4) is 5.75 Å². The molecule has 0 radical (unpaired) electrons. The molecule has 166 valence electrons. The Morgan fingerprint density at radius 3 is 2.73 bits per heavy atom. The van der Waals surface area contributed by atoms with Crippen molar-refractivity contribution in [2.75, 3.05) is 11.5 Å². The zero-order valence-corrected chi connectivity index (χ0v) is 19.4. The number of carbonyl (C=O) groups excluding carboxylic acids is 1. The maximum absolute atomic E-state index is 13.7. The van der Waals surface area contributed by atoms with E-state index in [1.807, 2.05) is 51.1 Å². The van der Waals surface area contributed by atoms with E-state index in [0.29, 0.717) is 34.0 Å². The van der Waals surface area contributed by atoms with E-state index in [4.69, 9.17) is 9.15 Å². The molecule has 0 spiro atoms. The molecule has 0 fully saturated rings. The highest BCUT2D eigenvalue weighted by Gasteiger charge is 2.45. The summed E-state index contributed by atoms with van der Waals surface area (Å²) >= 11 is 1.42. The molecule has 0 N–H and O–H groups in total. The van der Waals surface area contributed by atoms with Gasteiger partial charge in [0, 0.05) is 4.88 Å². The molecular formula is C26H22N2O4S. The Bertz CT molecular complexity index is 1460. The predicted molar refractivity (Wildman–Crippen MR) is 130 cm³/mol. The van der Waals surface area contributed by atoms with E-state index in [1.54, 1.807) is 23.1 Å². The molecule has 5 rings (SSSR count). The van der Waals surface area contributed by atoms with Gasteiger partial charge in [-0.25, -0.2) is 4.98 Å². The van der Waals surface area contributed by atoms with Gasteiger partial charge >= 0.3 is 0 Å². The molecule has 4 aromatic rings. The summed E-state index contributed by atoms with van der Waals surface area (Å²) in [5.41, 5.74) is 3.04. The molecule has 3 heterocycles. The number of benzene rings is 2. The largest absolute Gasteiger partial charge is 0.490 e. The first-order valence-corrected chi connectivity index (χ1v) is 11.4. The summed E-state index contributed by atoms with van der Waals surface area (Å²) in [4.78, 5) is 34.5. The van der Waals surface area contributed by atoms with Gasteiger partial charge in [-0.05, 0) is 50.6 Å². The predicted octanol–water partition coefficient (Wildman–Crippen LogP) is 5.49. The third-order valence-corrected chi connectivity index (χ3v) is 6.86. The summed E-state index contributed by atoms with van der Waals surface area (Å²) in [6.07, 6.45) is 1.66. The van der Waals surface area contributed by atoms with Gasteiger partial charge in [0.1, 0.15) is 17.9 Å². The number of ether oxygens (including phenoxy) is 1. The zero-order chi connectivity index (χ0) is 23.3. The van der Waals surface area contributed by atoms with Gasteiger partial charge < -0.3 is 9.15 Å². The molecule has 1 atom stereocenters. The highest BCUT2D eigenvalue weighted by molar-refractivity contribution is 7.15. The maximum Gasteiger partial charge on any atom is 0.297 e. The molecule has 1 aliphatic rings. The van der Waals surface area contributed by atoms with Crippen molar-refractivity contribution in [2.45, 2.75) is 26.8 Å². The van der Waals surface area contributed by atoms with E-state index in [1.165, 1.54) is 11.3 Å². The van der Waals surface area contributed by atoms with E-state index < -0.39 is 6.04 Å². The quantitative estimate of drug-likeness (QED) is 0.370. The molecule has 6 nitrogen and oxygen atoms in total. The molecule has 2 aromatic carbocycles. The van der Waals surface area contributed by atoms with Crippen molar-refractivity contribution < 1.29 is 13.9 Å². The van der Waals surface area contributed by atoms with Crippen molar-refractivity contribution in [3.05, 3.63) is 98.4 Å². The molecule has 0 aliphatic carbocycles. The van der Waals surface area contributed by atoms with E-state index >= 15 is 0 Å². The fourth-order valence-corrected chi connectivity index (χ4v) is 5.02. The number of aryl methyl sites for hydroxylation is 3. The minimum atomic E-state index is -0.675. The van der Waals surface area contributed by atoms with Crippen molar-refractivity contribution >= 4 is 33.3 Å². The third kappa shape index (κ3) is 3.45. The van der Waals surface area contributed by atoms with E-state index in [9.17, 15) is 9.59 Å². The number of fused-ring (bicyclic) bond motifs is 2. The van der Waals surface area contributed by atoms with Gasteiger partial charge in [-0.2, -0.15) is 0 Å². The van der Waals surface area contributed by atoms with Crippen molar-refractivity contribution in [2.24, 2.45) is 0 Å². The van der Waals surface area contributed by atoms with Crippen LogP contribution in [0.1, 0.15) is 43.9 Å². The number of thiazole rings is 1. The highest BCUT2D eigenvalue weighted by atomic mass is 32.1. The second kappa shape index (κ2) is 8.01. The molecule has 0 saturated carbocycles. The molecule has 0 bridgehead atoms.